The van der Waals surface area contributed by atoms with Gasteiger partial charge in [0.1, 0.15) is 0 Å². The van der Waals surface area contributed by atoms with Crippen molar-refractivity contribution in [3.8, 4) is 0 Å². The van der Waals surface area contributed by atoms with Gasteiger partial charge in [0.05, 0.1) is 5.75 Å². The van der Waals surface area contributed by atoms with Gasteiger partial charge in [0, 0.05) is 55.9 Å². The number of amides is 2. The number of piperazine rings is 1. The number of nitrogens with one attached hydrogen (secondary N) is 1. The Hall–Kier alpha value is -2.76. The maximum atomic E-state index is 12.8. The zero-order valence-corrected chi connectivity index (χ0v) is 18.7. The second-order valence-electron chi connectivity index (χ2n) is 7.15. The van der Waals surface area contributed by atoms with Crippen LogP contribution in [-0.2, 0) is 18.4 Å². The Bertz CT molecular complexity index is 1010. The number of carbonyl (C=O) groups is 2. The summed E-state index contributed by atoms with van der Waals surface area (Å²) in [6.07, 6.45) is 0. The molecule has 0 unspecified atom stereocenters. The van der Waals surface area contributed by atoms with Crippen LogP contribution in [0.4, 0.5) is 5.69 Å². The summed E-state index contributed by atoms with van der Waals surface area (Å²) < 4.78 is 1.51. The van der Waals surface area contributed by atoms with Gasteiger partial charge in [-0.2, -0.15) is 0 Å². The molecule has 4 rings (SSSR count). The number of hydrogen-bond donors (Lipinski definition) is 1. The summed E-state index contributed by atoms with van der Waals surface area (Å²) in [5, 5.41) is 16.6. The third-order valence-corrected chi connectivity index (χ3v) is 6.82. The lowest BCUT2D eigenvalue weighted by Gasteiger charge is -2.34. The quantitative estimate of drug-likeness (QED) is 0.542. The lowest BCUT2D eigenvalue weighted by atomic mass is 10.1. The fraction of sp³-hybridized carbons (Fsp3) is 0.350. The Morgan fingerprint density at radius 2 is 1.90 bits per heavy atom. The zero-order chi connectivity index (χ0) is 21.6. The van der Waals surface area contributed by atoms with Crippen molar-refractivity contribution in [2.75, 3.05) is 37.2 Å². The number of rotatable bonds is 7. The van der Waals surface area contributed by atoms with Crippen molar-refractivity contribution >= 4 is 40.6 Å². The van der Waals surface area contributed by atoms with Crippen molar-refractivity contribution in [1.29, 1.82) is 0 Å². The molecule has 0 aliphatic carbocycles. The number of thiophene rings is 1. The topological polar surface area (TPSA) is 96.2 Å². The molecular formula is C20H23N7O2S2. The fourth-order valence-corrected chi connectivity index (χ4v) is 4.68. The Morgan fingerprint density at radius 1 is 1.13 bits per heavy atom. The Labute approximate surface area is 188 Å². The first-order valence-corrected chi connectivity index (χ1v) is 11.7. The summed E-state index contributed by atoms with van der Waals surface area (Å²) in [6.45, 7) is 4.13. The smallest absolute Gasteiger partial charge is 0.253 e. The van der Waals surface area contributed by atoms with Crippen molar-refractivity contribution in [2.24, 2.45) is 7.05 Å². The van der Waals surface area contributed by atoms with E-state index >= 15 is 0 Å². The number of hydrogen-bond acceptors (Lipinski definition) is 8. The molecule has 3 aromatic rings. The van der Waals surface area contributed by atoms with E-state index in [4.69, 9.17) is 0 Å². The van der Waals surface area contributed by atoms with Gasteiger partial charge in [0.25, 0.3) is 5.91 Å². The summed E-state index contributed by atoms with van der Waals surface area (Å²) in [7, 11) is 1.72. The molecular weight excluding hydrogens is 434 g/mol. The van der Waals surface area contributed by atoms with Crippen LogP contribution in [0.5, 0.6) is 0 Å². The van der Waals surface area contributed by atoms with Gasteiger partial charge in [0.15, 0.2) is 0 Å². The molecule has 0 bridgehead atoms. The first-order chi connectivity index (χ1) is 15.1. The molecule has 1 aromatic carbocycles. The lowest BCUT2D eigenvalue weighted by molar-refractivity contribution is -0.113. The molecule has 0 atom stereocenters. The average molecular weight is 458 g/mol. The van der Waals surface area contributed by atoms with Crippen molar-refractivity contribution in [1.82, 2.24) is 30.0 Å². The van der Waals surface area contributed by atoms with Gasteiger partial charge in [-0.25, -0.2) is 4.68 Å². The van der Waals surface area contributed by atoms with E-state index in [9.17, 15) is 9.59 Å². The predicted octanol–water partition coefficient (Wildman–Crippen LogP) is 1.96. The SMILES string of the molecule is Cn1nnnc1SCC(=O)Nc1ccc(C(=O)N2CCN(Cc3cccs3)CC2)cc1. The van der Waals surface area contributed by atoms with Gasteiger partial charge in [0.2, 0.25) is 11.1 Å². The Balaban J connectivity index is 1.24. The molecule has 0 spiro atoms. The van der Waals surface area contributed by atoms with Gasteiger partial charge in [-0.05, 0) is 46.1 Å². The van der Waals surface area contributed by atoms with E-state index in [0.29, 0.717) is 16.4 Å². The zero-order valence-electron chi connectivity index (χ0n) is 17.1. The normalized spacial score (nSPS) is 14.5. The van der Waals surface area contributed by atoms with E-state index in [0.717, 1.165) is 32.7 Å². The number of tetrazole rings is 1. The molecule has 2 amide bonds. The molecule has 162 valence electrons. The van der Waals surface area contributed by atoms with Crippen LogP contribution in [-0.4, -0.2) is 73.8 Å². The minimum Gasteiger partial charge on any atom is -0.336 e. The van der Waals surface area contributed by atoms with Crippen LogP contribution in [0.1, 0.15) is 15.2 Å². The molecule has 9 nitrogen and oxygen atoms in total. The van der Waals surface area contributed by atoms with Crippen LogP contribution < -0.4 is 5.32 Å². The maximum Gasteiger partial charge on any atom is 0.253 e. The molecule has 1 saturated heterocycles. The monoisotopic (exact) mass is 457 g/mol. The predicted molar refractivity (Wildman–Crippen MR) is 120 cm³/mol. The lowest BCUT2D eigenvalue weighted by Crippen LogP contribution is -2.48. The van der Waals surface area contributed by atoms with Crippen LogP contribution in [0.2, 0.25) is 0 Å². The van der Waals surface area contributed by atoms with Gasteiger partial charge in [-0.15, -0.1) is 16.4 Å². The van der Waals surface area contributed by atoms with Gasteiger partial charge in [-0.3, -0.25) is 14.5 Å². The molecule has 3 heterocycles. The van der Waals surface area contributed by atoms with Gasteiger partial charge in [-0.1, -0.05) is 17.8 Å². The van der Waals surface area contributed by atoms with Crippen molar-refractivity contribution in [3.05, 3.63) is 52.2 Å². The second-order valence-corrected chi connectivity index (χ2v) is 9.12. The van der Waals surface area contributed by atoms with E-state index in [1.165, 1.54) is 21.3 Å². The molecule has 1 aliphatic heterocycles. The van der Waals surface area contributed by atoms with E-state index in [1.54, 1.807) is 42.6 Å². The standard InChI is InChI=1S/C20H23N7O2S2/c1-25-20(22-23-24-25)31-14-18(28)21-16-6-4-15(5-7-16)19(29)27-10-8-26(9-11-27)13-17-3-2-12-30-17/h2-7,12H,8-11,13-14H2,1H3,(H,21,28). The molecule has 0 radical (unpaired) electrons. The minimum atomic E-state index is -0.158. The van der Waals surface area contributed by atoms with Crippen molar-refractivity contribution in [2.45, 2.75) is 11.7 Å². The summed E-state index contributed by atoms with van der Waals surface area (Å²) in [4.78, 5) is 30.6. The average Bonchev–Trinajstić information content (AvgIpc) is 3.44. The number of nitrogens with zero attached hydrogens (tertiary/aromatic N) is 6. The van der Waals surface area contributed by atoms with Crippen LogP contribution >= 0.6 is 23.1 Å². The highest BCUT2D eigenvalue weighted by Crippen LogP contribution is 2.17. The summed E-state index contributed by atoms with van der Waals surface area (Å²) >= 11 is 3.03. The highest BCUT2D eigenvalue weighted by Gasteiger charge is 2.22. The fourth-order valence-electron chi connectivity index (χ4n) is 3.28. The van der Waals surface area contributed by atoms with Crippen LogP contribution in [0.25, 0.3) is 0 Å². The van der Waals surface area contributed by atoms with E-state index in [1.807, 2.05) is 4.90 Å². The molecule has 2 aromatic heterocycles. The first kappa shape index (κ1) is 21.5. The first-order valence-electron chi connectivity index (χ1n) is 9.87. The molecule has 11 heteroatoms. The Kier molecular flexibility index (Phi) is 6.95. The van der Waals surface area contributed by atoms with Gasteiger partial charge >= 0.3 is 0 Å². The summed E-state index contributed by atoms with van der Waals surface area (Å²) in [5.41, 5.74) is 1.28. The van der Waals surface area contributed by atoms with E-state index in [2.05, 4.69) is 43.3 Å². The second kappa shape index (κ2) is 10.0. The molecule has 1 fully saturated rings. The van der Waals surface area contributed by atoms with Crippen LogP contribution in [0.15, 0.2) is 46.9 Å². The number of aryl methyl sites for hydroxylation is 1. The molecule has 1 aliphatic rings. The van der Waals surface area contributed by atoms with E-state index in [-0.39, 0.29) is 17.6 Å². The highest BCUT2D eigenvalue weighted by molar-refractivity contribution is 7.99. The third-order valence-electron chi connectivity index (χ3n) is 4.95. The summed E-state index contributed by atoms with van der Waals surface area (Å²) in [5.74, 6) is 0.0675. The van der Waals surface area contributed by atoms with E-state index < -0.39 is 0 Å². The molecule has 31 heavy (non-hydrogen) atoms. The molecule has 0 saturated carbocycles. The third kappa shape index (κ3) is 5.69. The van der Waals surface area contributed by atoms with Crippen molar-refractivity contribution in [3.63, 3.8) is 0 Å². The number of anilines is 1. The minimum absolute atomic E-state index is 0.0268. The number of aromatic nitrogens is 4. The number of thioether (sulfide) groups is 1. The molecule has 1 N–H and O–H groups in total. The van der Waals surface area contributed by atoms with Crippen molar-refractivity contribution < 1.29 is 9.59 Å². The summed E-state index contributed by atoms with van der Waals surface area (Å²) in [6, 6.07) is 11.2. The van der Waals surface area contributed by atoms with Crippen LogP contribution in [0, 0.1) is 0 Å². The highest BCUT2D eigenvalue weighted by atomic mass is 32.2. The number of carbonyl (C=O) groups excluding carboxylic acids is 2. The number of benzene rings is 1. The maximum absolute atomic E-state index is 12.8. The Morgan fingerprint density at radius 3 is 2.55 bits per heavy atom. The van der Waals surface area contributed by atoms with Gasteiger partial charge < -0.3 is 10.2 Å². The van der Waals surface area contributed by atoms with Crippen LogP contribution in [0.3, 0.4) is 0 Å². The largest absolute Gasteiger partial charge is 0.336 e.